The van der Waals surface area contributed by atoms with Gasteiger partial charge in [0.25, 0.3) is 0 Å². The van der Waals surface area contributed by atoms with E-state index in [2.05, 4.69) is 37.5 Å². The average molecular weight is 287 g/mol. The molecule has 5 atom stereocenters. The second kappa shape index (κ2) is 6.26. The summed E-state index contributed by atoms with van der Waals surface area (Å²) in [6.45, 7) is 9.48. The minimum absolute atomic E-state index is 0.714. The van der Waals surface area contributed by atoms with Crippen LogP contribution in [0.5, 0.6) is 0 Å². The van der Waals surface area contributed by atoms with Gasteiger partial charge in [0.2, 0.25) is 0 Å². The predicted octanol–water partition coefficient (Wildman–Crippen LogP) is 3.20. The van der Waals surface area contributed by atoms with Crippen LogP contribution in [-0.2, 0) is 11.8 Å². The maximum Gasteiger partial charge on any atom is 0.160 e. The molecule has 2 fully saturated rings. The van der Waals surface area contributed by atoms with Gasteiger partial charge in [-0.2, -0.15) is 0 Å². The summed E-state index contributed by atoms with van der Waals surface area (Å²) in [7, 11) is 0.725. The zero-order valence-electron chi connectivity index (χ0n) is 12.2. The molecular weight excluding hydrogens is 259 g/mol. The van der Waals surface area contributed by atoms with Gasteiger partial charge in [0.05, 0.1) is 6.17 Å². The van der Waals surface area contributed by atoms with Gasteiger partial charge in [-0.05, 0) is 47.0 Å². The Bertz CT molecular complexity index is 264. The molecule has 0 aromatic heterocycles. The van der Waals surface area contributed by atoms with E-state index >= 15 is 0 Å². The fourth-order valence-electron chi connectivity index (χ4n) is 3.30. The van der Waals surface area contributed by atoms with Crippen LogP contribution < -0.4 is 0 Å². The van der Waals surface area contributed by atoms with Crippen LogP contribution in [0.3, 0.4) is 0 Å². The van der Waals surface area contributed by atoms with Gasteiger partial charge in [-0.3, -0.25) is 9.80 Å². The lowest BCUT2D eigenvalue weighted by Crippen LogP contribution is -2.31. The van der Waals surface area contributed by atoms with Crippen LogP contribution in [0.25, 0.3) is 0 Å². The van der Waals surface area contributed by atoms with Crippen LogP contribution in [0.1, 0.15) is 53.4 Å². The molecule has 2 aliphatic heterocycles. The summed E-state index contributed by atoms with van der Waals surface area (Å²) >= 11 is 5.03. The topological polar surface area (TPSA) is 6.02 Å². The summed E-state index contributed by atoms with van der Waals surface area (Å²) in [5.41, 5.74) is 0. The van der Waals surface area contributed by atoms with Crippen molar-refractivity contribution in [1.29, 1.82) is 0 Å². The van der Waals surface area contributed by atoms with E-state index in [1.165, 1.54) is 31.8 Å². The van der Waals surface area contributed by atoms with Gasteiger partial charge in [-0.1, -0.05) is 6.42 Å². The first kappa shape index (κ1) is 14.8. The lowest BCUT2D eigenvalue weighted by Gasteiger charge is -2.22. The van der Waals surface area contributed by atoms with Crippen LogP contribution in [0, 0.1) is 0 Å². The summed E-state index contributed by atoms with van der Waals surface area (Å²) in [6.07, 6.45) is 7.40. The number of hydrogen-bond acceptors (Lipinski definition) is 3. The first-order chi connectivity index (χ1) is 8.59. The molecule has 0 N–H and O–H groups in total. The minimum atomic E-state index is 0.714. The Balaban J connectivity index is 1.77. The normalized spacial score (nSPS) is 44.0. The summed E-state index contributed by atoms with van der Waals surface area (Å²) < 4.78 is 0. The highest BCUT2D eigenvalue weighted by atomic mass is 32.4. The van der Waals surface area contributed by atoms with Gasteiger partial charge in [0.15, 0.2) is 19.2 Å². The largest absolute Gasteiger partial charge is 0.279 e. The third kappa shape index (κ3) is 3.12. The molecule has 0 aromatic carbocycles. The zero-order valence-corrected chi connectivity index (χ0v) is 14.0. The van der Waals surface area contributed by atoms with E-state index in [9.17, 15) is 0 Å². The quantitative estimate of drug-likeness (QED) is 0.384. The van der Waals surface area contributed by atoms with E-state index in [1.807, 2.05) is 0 Å². The number of rotatable bonds is 8. The Labute approximate surface area is 119 Å². The third-order valence-electron chi connectivity index (χ3n) is 5.03. The molecule has 0 spiro atoms. The Morgan fingerprint density at radius 2 is 1.39 bits per heavy atom. The first-order valence-corrected chi connectivity index (χ1v) is 9.83. The third-order valence-corrected chi connectivity index (χ3v) is 6.20. The summed E-state index contributed by atoms with van der Waals surface area (Å²) in [5, 5.41) is 0. The molecule has 0 amide bonds. The molecule has 0 aliphatic carbocycles. The van der Waals surface area contributed by atoms with Crippen molar-refractivity contribution in [2.24, 2.45) is 0 Å². The van der Waals surface area contributed by atoms with Gasteiger partial charge in [0.1, 0.15) is 6.16 Å². The molecule has 4 heteroatoms. The van der Waals surface area contributed by atoms with Crippen molar-refractivity contribution >= 4 is 19.2 Å². The molecule has 2 aliphatic rings. The molecule has 0 radical (unpaired) electrons. The van der Waals surface area contributed by atoms with Crippen molar-refractivity contribution in [2.75, 3.05) is 6.16 Å². The van der Waals surface area contributed by atoms with Crippen molar-refractivity contribution in [3.05, 3.63) is 0 Å². The molecule has 2 nitrogen and oxygen atoms in total. The molecule has 104 valence electrons. The minimum Gasteiger partial charge on any atom is -0.279 e. The fourth-order valence-corrected chi connectivity index (χ4v) is 4.13. The molecule has 0 aromatic rings. The second-order valence-electron chi connectivity index (χ2n) is 6.08. The number of nitrogens with zero attached hydrogens (tertiary/aromatic N) is 2. The van der Waals surface area contributed by atoms with Crippen LogP contribution in [0.4, 0.5) is 0 Å². The van der Waals surface area contributed by atoms with Gasteiger partial charge in [-0.15, -0.1) is 0 Å². The highest BCUT2D eigenvalue weighted by molar-refractivity contribution is 7.96. The monoisotopic (exact) mass is 287 g/mol. The van der Waals surface area contributed by atoms with Gasteiger partial charge >= 0.3 is 0 Å². The SMILES string of the molecule is CC1C(C)N1C(CCCCC[PH+]=S)N1C(C)C1C. The Morgan fingerprint density at radius 3 is 1.78 bits per heavy atom. The van der Waals surface area contributed by atoms with E-state index in [-0.39, 0.29) is 0 Å². The summed E-state index contributed by atoms with van der Waals surface area (Å²) in [4.78, 5) is 5.41. The molecule has 0 bridgehead atoms. The highest BCUT2D eigenvalue weighted by Gasteiger charge is 2.53. The van der Waals surface area contributed by atoms with Crippen molar-refractivity contribution in [2.45, 2.75) is 83.7 Å². The summed E-state index contributed by atoms with van der Waals surface area (Å²) in [5.74, 6) is 0. The van der Waals surface area contributed by atoms with Gasteiger partial charge < -0.3 is 0 Å². The number of unbranched alkanes of at least 4 members (excludes halogenated alkanes) is 2. The molecule has 0 saturated carbocycles. The molecular formula is C14H28N2PS+. The number of hydrogen-bond donors (Lipinski definition) is 0. The lowest BCUT2D eigenvalue weighted by atomic mass is 10.1. The Morgan fingerprint density at radius 1 is 0.889 bits per heavy atom. The van der Waals surface area contributed by atoms with Crippen molar-refractivity contribution in [1.82, 2.24) is 9.80 Å². The van der Waals surface area contributed by atoms with E-state index < -0.39 is 0 Å². The van der Waals surface area contributed by atoms with Crippen LogP contribution in [-0.4, -0.2) is 46.3 Å². The van der Waals surface area contributed by atoms with Crippen LogP contribution in [0.15, 0.2) is 0 Å². The Kier molecular flexibility index (Phi) is 5.16. The zero-order chi connectivity index (χ0) is 13.3. The molecule has 18 heavy (non-hydrogen) atoms. The standard InChI is InChI=1S/C14H27N2PS/c1-10-11(2)15(10)14(16-12(3)13(16)4)8-6-5-7-9-17-18/h10-14H,5-9H2,1-4H3/p+1. The molecule has 2 saturated heterocycles. The van der Waals surface area contributed by atoms with E-state index in [0.29, 0.717) is 6.17 Å². The van der Waals surface area contributed by atoms with Crippen molar-refractivity contribution in [3.63, 3.8) is 0 Å². The highest BCUT2D eigenvalue weighted by Crippen LogP contribution is 2.41. The van der Waals surface area contributed by atoms with Crippen LogP contribution in [0.2, 0.25) is 0 Å². The van der Waals surface area contributed by atoms with E-state index in [4.69, 9.17) is 11.8 Å². The van der Waals surface area contributed by atoms with Gasteiger partial charge in [-0.25, -0.2) is 0 Å². The molecule has 5 unspecified atom stereocenters. The van der Waals surface area contributed by atoms with Crippen LogP contribution >= 0.6 is 7.36 Å². The second-order valence-corrected chi connectivity index (χ2v) is 7.74. The lowest BCUT2D eigenvalue weighted by molar-refractivity contribution is 0.186. The average Bonchev–Trinajstić information content (AvgIpc) is 3.14. The maximum atomic E-state index is 5.03. The van der Waals surface area contributed by atoms with E-state index in [1.54, 1.807) is 0 Å². The van der Waals surface area contributed by atoms with E-state index in [0.717, 1.165) is 31.5 Å². The first-order valence-electron chi connectivity index (χ1n) is 7.49. The maximum absolute atomic E-state index is 5.03. The molecule has 2 rings (SSSR count). The smallest absolute Gasteiger partial charge is 0.160 e. The van der Waals surface area contributed by atoms with Crippen molar-refractivity contribution in [3.8, 4) is 0 Å². The Hall–Kier alpha value is 0.440. The fraction of sp³-hybridized carbons (Fsp3) is 1.00. The predicted molar refractivity (Wildman–Crippen MR) is 84.3 cm³/mol. The van der Waals surface area contributed by atoms with Gasteiger partial charge in [0, 0.05) is 24.2 Å². The molecule has 2 heterocycles. The van der Waals surface area contributed by atoms with Crippen molar-refractivity contribution < 1.29 is 0 Å². The summed E-state index contributed by atoms with van der Waals surface area (Å²) in [6, 6.07) is 3.18.